The van der Waals surface area contributed by atoms with Crippen LogP contribution in [0.2, 0.25) is 0 Å². The summed E-state index contributed by atoms with van der Waals surface area (Å²) >= 11 is 0. The fourth-order valence-corrected chi connectivity index (χ4v) is 1.65. The molecule has 1 aromatic rings. The van der Waals surface area contributed by atoms with Crippen molar-refractivity contribution in [3.63, 3.8) is 0 Å². The van der Waals surface area contributed by atoms with E-state index in [1.54, 1.807) is 0 Å². The van der Waals surface area contributed by atoms with E-state index in [9.17, 15) is 17.6 Å². The fourth-order valence-electron chi connectivity index (χ4n) is 1.11. The summed E-state index contributed by atoms with van der Waals surface area (Å²) in [6.45, 7) is 3.35. The monoisotopic (exact) mass is 258 g/mol. The third-order valence-corrected chi connectivity index (χ3v) is 2.78. The fraction of sp³-hybridized carbons (Fsp3) is 0.100. The van der Waals surface area contributed by atoms with Crippen LogP contribution in [0, 0.1) is 5.82 Å². The molecule has 0 aliphatic rings. The summed E-state index contributed by atoms with van der Waals surface area (Å²) in [5, 5.41) is 7.10. The van der Waals surface area contributed by atoms with E-state index in [1.807, 2.05) is 0 Å². The smallest absolute Gasteiger partial charge is 0.238 e. The SMILES string of the molecule is C=CCC(=O)Nc1cc(S(N)(=O)=O)ccc1F. The average molecular weight is 258 g/mol. The van der Waals surface area contributed by atoms with E-state index in [0.29, 0.717) is 0 Å². The second kappa shape index (κ2) is 5.07. The number of halogens is 1. The number of nitrogens with two attached hydrogens (primary N) is 1. The average Bonchev–Trinajstić information content (AvgIpc) is 2.20. The molecule has 0 aromatic heterocycles. The Morgan fingerprint density at radius 3 is 2.71 bits per heavy atom. The normalized spacial score (nSPS) is 10.9. The number of anilines is 1. The molecule has 1 rings (SSSR count). The van der Waals surface area contributed by atoms with Crippen molar-refractivity contribution in [2.45, 2.75) is 11.3 Å². The molecule has 17 heavy (non-hydrogen) atoms. The van der Waals surface area contributed by atoms with Crippen LogP contribution in [0.25, 0.3) is 0 Å². The van der Waals surface area contributed by atoms with Crippen molar-refractivity contribution < 1.29 is 17.6 Å². The van der Waals surface area contributed by atoms with E-state index < -0.39 is 21.7 Å². The predicted octanol–water partition coefficient (Wildman–Crippen LogP) is 0.988. The van der Waals surface area contributed by atoms with E-state index in [4.69, 9.17) is 5.14 Å². The minimum absolute atomic E-state index is 0.000950. The molecular weight excluding hydrogens is 247 g/mol. The molecule has 0 spiro atoms. The van der Waals surface area contributed by atoms with Gasteiger partial charge < -0.3 is 5.32 Å². The first-order valence-electron chi connectivity index (χ1n) is 4.57. The van der Waals surface area contributed by atoms with Crippen molar-refractivity contribution in [1.82, 2.24) is 0 Å². The standard InChI is InChI=1S/C10H11FN2O3S/c1-2-3-10(14)13-9-6-7(17(12,15)16)4-5-8(9)11/h2,4-6H,1,3H2,(H,13,14)(H2,12,15,16). The van der Waals surface area contributed by atoms with Crippen molar-refractivity contribution >= 4 is 21.6 Å². The van der Waals surface area contributed by atoms with Crippen LogP contribution in [0.1, 0.15) is 6.42 Å². The van der Waals surface area contributed by atoms with Crippen LogP contribution in [-0.4, -0.2) is 14.3 Å². The van der Waals surface area contributed by atoms with Crippen LogP contribution in [0.5, 0.6) is 0 Å². The van der Waals surface area contributed by atoms with Gasteiger partial charge in [0.15, 0.2) is 0 Å². The predicted molar refractivity (Wildman–Crippen MR) is 61.2 cm³/mol. The summed E-state index contributed by atoms with van der Waals surface area (Å²) in [6, 6.07) is 2.91. The third-order valence-electron chi connectivity index (χ3n) is 1.87. The van der Waals surface area contributed by atoms with E-state index in [2.05, 4.69) is 11.9 Å². The Balaban J connectivity index is 3.07. The van der Waals surface area contributed by atoms with Crippen molar-refractivity contribution in [3.8, 4) is 0 Å². The van der Waals surface area contributed by atoms with Crippen molar-refractivity contribution in [2.75, 3.05) is 5.32 Å². The number of sulfonamides is 1. The number of amides is 1. The summed E-state index contributed by atoms with van der Waals surface area (Å²) < 4.78 is 35.4. The minimum Gasteiger partial charge on any atom is -0.323 e. The largest absolute Gasteiger partial charge is 0.323 e. The van der Waals surface area contributed by atoms with Gasteiger partial charge in [0, 0.05) is 6.42 Å². The first-order chi connectivity index (χ1) is 7.84. The third kappa shape index (κ3) is 3.65. The summed E-state index contributed by atoms with van der Waals surface area (Å²) in [7, 11) is -3.93. The second-order valence-corrected chi connectivity index (χ2v) is 4.79. The van der Waals surface area contributed by atoms with Gasteiger partial charge >= 0.3 is 0 Å². The number of carbonyl (C=O) groups is 1. The molecule has 0 saturated carbocycles. The van der Waals surface area contributed by atoms with Crippen molar-refractivity contribution in [3.05, 3.63) is 36.7 Å². The van der Waals surface area contributed by atoms with E-state index >= 15 is 0 Å². The molecule has 0 atom stereocenters. The van der Waals surface area contributed by atoms with Gasteiger partial charge in [-0.15, -0.1) is 6.58 Å². The maximum Gasteiger partial charge on any atom is 0.238 e. The molecule has 0 radical (unpaired) electrons. The number of hydrogen-bond acceptors (Lipinski definition) is 3. The highest BCUT2D eigenvalue weighted by molar-refractivity contribution is 7.89. The highest BCUT2D eigenvalue weighted by Gasteiger charge is 2.12. The molecule has 0 aliphatic heterocycles. The number of carbonyl (C=O) groups excluding carboxylic acids is 1. The molecule has 0 heterocycles. The summed E-state index contributed by atoms with van der Waals surface area (Å²) in [4.78, 5) is 10.9. The molecule has 3 N–H and O–H groups in total. The number of hydrogen-bond donors (Lipinski definition) is 2. The second-order valence-electron chi connectivity index (χ2n) is 3.23. The van der Waals surface area contributed by atoms with E-state index in [0.717, 1.165) is 18.2 Å². The number of benzene rings is 1. The minimum atomic E-state index is -3.93. The lowest BCUT2D eigenvalue weighted by molar-refractivity contribution is -0.115. The molecule has 0 bridgehead atoms. The molecule has 0 saturated heterocycles. The Bertz CT molecular complexity index is 555. The van der Waals surface area contributed by atoms with Crippen LogP contribution in [-0.2, 0) is 14.8 Å². The summed E-state index contributed by atoms with van der Waals surface area (Å²) in [6.07, 6.45) is 1.34. The molecule has 1 aromatic carbocycles. The van der Waals surface area contributed by atoms with Crippen molar-refractivity contribution in [1.29, 1.82) is 0 Å². The maximum absolute atomic E-state index is 13.3. The quantitative estimate of drug-likeness (QED) is 0.789. The molecule has 0 unspecified atom stereocenters. The Labute approximate surface area is 98.2 Å². The van der Waals surface area contributed by atoms with Gasteiger partial charge in [-0.2, -0.15) is 0 Å². The van der Waals surface area contributed by atoms with Gasteiger partial charge in [0.1, 0.15) is 5.82 Å². The Kier molecular flexibility index (Phi) is 3.97. The zero-order valence-electron chi connectivity index (χ0n) is 8.81. The van der Waals surface area contributed by atoms with Gasteiger partial charge in [0.25, 0.3) is 0 Å². The van der Waals surface area contributed by atoms with Gasteiger partial charge in [0.2, 0.25) is 15.9 Å². The van der Waals surface area contributed by atoms with Crippen LogP contribution >= 0.6 is 0 Å². The summed E-state index contributed by atoms with van der Waals surface area (Å²) in [5.74, 6) is -1.24. The molecule has 7 heteroatoms. The molecule has 0 fully saturated rings. The molecular formula is C10H11FN2O3S. The van der Waals surface area contributed by atoms with Crippen molar-refractivity contribution in [2.24, 2.45) is 5.14 Å². The highest BCUT2D eigenvalue weighted by Crippen LogP contribution is 2.18. The lowest BCUT2D eigenvalue weighted by atomic mass is 10.3. The van der Waals surface area contributed by atoms with Gasteiger partial charge in [-0.1, -0.05) is 6.08 Å². The maximum atomic E-state index is 13.3. The van der Waals surface area contributed by atoms with Crippen LogP contribution in [0.15, 0.2) is 35.7 Å². The van der Waals surface area contributed by atoms with Crippen LogP contribution in [0.3, 0.4) is 0 Å². The first kappa shape index (κ1) is 13.3. The number of nitrogens with one attached hydrogen (secondary N) is 1. The highest BCUT2D eigenvalue weighted by atomic mass is 32.2. The Morgan fingerprint density at radius 1 is 1.53 bits per heavy atom. The Morgan fingerprint density at radius 2 is 2.18 bits per heavy atom. The van der Waals surface area contributed by atoms with Gasteiger partial charge in [0.05, 0.1) is 10.6 Å². The zero-order valence-corrected chi connectivity index (χ0v) is 9.63. The lowest BCUT2D eigenvalue weighted by Gasteiger charge is -2.06. The van der Waals surface area contributed by atoms with E-state index in [1.165, 1.54) is 6.08 Å². The first-order valence-corrected chi connectivity index (χ1v) is 6.12. The molecule has 1 amide bonds. The summed E-state index contributed by atoms with van der Waals surface area (Å²) in [5.41, 5.74) is -0.233. The number of primary sulfonamides is 1. The number of rotatable bonds is 4. The van der Waals surface area contributed by atoms with Gasteiger partial charge in [-0.05, 0) is 18.2 Å². The van der Waals surface area contributed by atoms with Gasteiger partial charge in [-0.25, -0.2) is 17.9 Å². The Hall–Kier alpha value is -1.73. The molecule has 5 nitrogen and oxygen atoms in total. The van der Waals surface area contributed by atoms with Gasteiger partial charge in [-0.3, -0.25) is 4.79 Å². The molecule has 0 aliphatic carbocycles. The zero-order chi connectivity index (χ0) is 13.1. The lowest BCUT2D eigenvalue weighted by Crippen LogP contribution is -2.15. The van der Waals surface area contributed by atoms with Crippen LogP contribution in [0.4, 0.5) is 10.1 Å². The van der Waals surface area contributed by atoms with E-state index in [-0.39, 0.29) is 17.0 Å². The topological polar surface area (TPSA) is 89.3 Å². The molecule has 92 valence electrons. The van der Waals surface area contributed by atoms with Crippen LogP contribution < -0.4 is 10.5 Å².